The van der Waals surface area contributed by atoms with E-state index in [-0.39, 0.29) is 17.9 Å². The molecule has 1 heterocycles. The minimum Gasteiger partial charge on any atom is -0.493 e. The maximum absolute atomic E-state index is 12.3. The summed E-state index contributed by atoms with van der Waals surface area (Å²) in [7, 11) is 3.08. The number of rotatable bonds is 5. The molecule has 1 aliphatic rings. The minimum absolute atomic E-state index is 0.229. The van der Waals surface area contributed by atoms with E-state index in [0.29, 0.717) is 37.4 Å². The molecule has 0 spiro atoms. The molecule has 3 N–H and O–H groups in total. The summed E-state index contributed by atoms with van der Waals surface area (Å²) in [4.78, 5) is 37.2. The smallest absolute Gasteiger partial charge is 0.311 e. The van der Waals surface area contributed by atoms with E-state index in [0.717, 1.165) is 5.56 Å². The van der Waals surface area contributed by atoms with Crippen molar-refractivity contribution in [2.24, 2.45) is 11.7 Å². The summed E-state index contributed by atoms with van der Waals surface area (Å²) in [6, 6.07) is 4.92. The second kappa shape index (κ2) is 8.55. The van der Waals surface area contributed by atoms with Gasteiger partial charge in [-0.2, -0.15) is 0 Å². The summed E-state index contributed by atoms with van der Waals surface area (Å²) < 4.78 is 10.4. The SMILES string of the molecule is COc1ccc(C(C)NC(=O)C(=O)N2CCC(C(N)=O)CC2)cc1OC. The van der Waals surface area contributed by atoms with Crippen molar-refractivity contribution >= 4 is 17.7 Å². The molecular formula is C18H25N3O5. The molecule has 1 saturated heterocycles. The van der Waals surface area contributed by atoms with Crippen molar-refractivity contribution < 1.29 is 23.9 Å². The molecule has 0 radical (unpaired) electrons. The Morgan fingerprint density at radius 2 is 1.77 bits per heavy atom. The lowest BCUT2D eigenvalue weighted by Gasteiger charge is -2.30. The number of nitrogens with one attached hydrogen (secondary N) is 1. The van der Waals surface area contributed by atoms with E-state index in [1.54, 1.807) is 32.2 Å². The number of hydrogen-bond acceptors (Lipinski definition) is 5. The number of likely N-dealkylation sites (tertiary alicyclic amines) is 1. The van der Waals surface area contributed by atoms with Gasteiger partial charge in [0.05, 0.1) is 20.3 Å². The van der Waals surface area contributed by atoms with Gasteiger partial charge in [0.2, 0.25) is 5.91 Å². The fourth-order valence-electron chi connectivity index (χ4n) is 2.97. The highest BCUT2D eigenvalue weighted by molar-refractivity contribution is 6.35. The molecule has 26 heavy (non-hydrogen) atoms. The highest BCUT2D eigenvalue weighted by atomic mass is 16.5. The Bertz CT molecular complexity index is 683. The van der Waals surface area contributed by atoms with E-state index in [1.807, 2.05) is 0 Å². The van der Waals surface area contributed by atoms with Crippen LogP contribution in [0.4, 0.5) is 0 Å². The van der Waals surface area contributed by atoms with E-state index in [1.165, 1.54) is 12.0 Å². The molecule has 1 aromatic rings. The standard InChI is InChI=1S/C18H25N3O5/c1-11(13-4-5-14(25-2)15(10-13)26-3)20-17(23)18(24)21-8-6-12(7-9-21)16(19)22/h4-5,10-12H,6-9H2,1-3H3,(H2,19,22)(H,20,23). The first-order valence-electron chi connectivity index (χ1n) is 8.48. The zero-order valence-corrected chi connectivity index (χ0v) is 15.3. The second-order valence-corrected chi connectivity index (χ2v) is 6.28. The Balaban J connectivity index is 1.96. The molecule has 8 heteroatoms. The number of benzene rings is 1. The van der Waals surface area contributed by atoms with Crippen molar-refractivity contribution in [3.63, 3.8) is 0 Å². The van der Waals surface area contributed by atoms with Gasteiger partial charge in [-0.15, -0.1) is 0 Å². The van der Waals surface area contributed by atoms with Crippen LogP contribution in [0.25, 0.3) is 0 Å². The van der Waals surface area contributed by atoms with Crippen LogP contribution in [0.15, 0.2) is 18.2 Å². The summed E-state index contributed by atoms with van der Waals surface area (Å²) >= 11 is 0. The third kappa shape index (κ3) is 4.44. The van der Waals surface area contributed by atoms with Crippen molar-refractivity contribution in [2.45, 2.75) is 25.8 Å². The van der Waals surface area contributed by atoms with E-state index in [9.17, 15) is 14.4 Å². The molecular weight excluding hydrogens is 338 g/mol. The number of methoxy groups -OCH3 is 2. The van der Waals surface area contributed by atoms with Crippen LogP contribution < -0.4 is 20.5 Å². The van der Waals surface area contributed by atoms with Crippen LogP contribution >= 0.6 is 0 Å². The highest BCUT2D eigenvalue weighted by Crippen LogP contribution is 2.29. The molecule has 2 rings (SSSR count). The third-order valence-corrected chi connectivity index (χ3v) is 4.63. The Hall–Kier alpha value is -2.77. The molecule has 1 aromatic carbocycles. The van der Waals surface area contributed by atoms with E-state index >= 15 is 0 Å². The van der Waals surface area contributed by atoms with Gasteiger partial charge >= 0.3 is 11.8 Å². The molecule has 0 bridgehead atoms. The zero-order valence-electron chi connectivity index (χ0n) is 15.3. The molecule has 0 aliphatic carbocycles. The van der Waals surface area contributed by atoms with Crippen LogP contribution in [0.3, 0.4) is 0 Å². The van der Waals surface area contributed by atoms with Crippen molar-refractivity contribution in [1.82, 2.24) is 10.2 Å². The molecule has 8 nitrogen and oxygen atoms in total. The van der Waals surface area contributed by atoms with Crippen molar-refractivity contribution in [3.8, 4) is 11.5 Å². The maximum atomic E-state index is 12.3. The van der Waals surface area contributed by atoms with Crippen molar-refractivity contribution in [2.75, 3.05) is 27.3 Å². The number of hydrogen-bond donors (Lipinski definition) is 2. The number of primary amides is 1. The molecule has 3 amide bonds. The third-order valence-electron chi connectivity index (χ3n) is 4.63. The number of piperidine rings is 1. The summed E-state index contributed by atoms with van der Waals surface area (Å²) in [5.74, 6) is -0.726. The van der Waals surface area contributed by atoms with Gasteiger partial charge in [0.25, 0.3) is 0 Å². The summed E-state index contributed by atoms with van der Waals surface area (Å²) in [5.41, 5.74) is 6.07. The lowest BCUT2D eigenvalue weighted by molar-refractivity contribution is -0.147. The van der Waals surface area contributed by atoms with Gasteiger partial charge in [-0.25, -0.2) is 0 Å². The molecule has 1 unspecified atom stereocenters. The number of ether oxygens (including phenoxy) is 2. The zero-order chi connectivity index (χ0) is 19.3. The summed E-state index contributed by atoms with van der Waals surface area (Å²) in [5, 5.41) is 2.70. The van der Waals surface area contributed by atoms with Crippen LogP contribution in [0.5, 0.6) is 11.5 Å². The number of nitrogens with two attached hydrogens (primary N) is 1. The first kappa shape index (κ1) is 19.6. The fraction of sp³-hybridized carbons (Fsp3) is 0.500. The quantitative estimate of drug-likeness (QED) is 0.745. The molecule has 0 aromatic heterocycles. The Labute approximate surface area is 152 Å². The lowest BCUT2D eigenvalue weighted by atomic mass is 9.96. The van der Waals surface area contributed by atoms with Crippen LogP contribution in [-0.4, -0.2) is 49.9 Å². The van der Waals surface area contributed by atoms with E-state index < -0.39 is 11.8 Å². The maximum Gasteiger partial charge on any atom is 0.311 e. The van der Waals surface area contributed by atoms with Crippen LogP contribution in [0, 0.1) is 5.92 Å². The fourth-order valence-corrected chi connectivity index (χ4v) is 2.97. The van der Waals surface area contributed by atoms with Gasteiger partial charge in [0.1, 0.15) is 0 Å². The van der Waals surface area contributed by atoms with Crippen LogP contribution in [0.2, 0.25) is 0 Å². The average molecular weight is 363 g/mol. The topological polar surface area (TPSA) is 111 Å². The van der Waals surface area contributed by atoms with Crippen molar-refractivity contribution in [1.29, 1.82) is 0 Å². The predicted molar refractivity (Wildman–Crippen MR) is 94.6 cm³/mol. The molecule has 142 valence electrons. The number of carbonyl (C=O) groups excluding carboxylic acids is 3. The van der Waals surface area contributed by atoms with E-state index in [4.69, 9.17) is 15.2 Å². The monoisotopic (exact) mass is 363 g/mol. The van der Waals surface area contributed by atoms with Crippen molar-refractivity contribution in [3.05, 3.63) is 23.8 Å². The molecule has 1 fully saturated rings. The van der Waals surface area contributed by atoms with Gasteiger partial charge < -0.3 is 25.4 Å². The first-order valence-corrected chi connectivity index (χ1v) is 8.48. The second-order valence-electron chi connectivity index (χ2n) is 6.28. The minimum atomic E-state index is -0.676. The van der Waals surface area contributed by atoms with Crippen LogP contribution in [0.1, 0.15) is 31.4 Å². The number of amides is 3. The largest absolute Gasteiger partial charge is 0.493 e. The van der Waals surface area contributed by atoms with Gasteiger partial charge in [0, 0.05) is 19.0 Å². The van der Waals surface area contributed by atoms with Gasteiger partial charge in [0.15, 0.2) is 11.5 Å². The summed E-state index contributed by atoms with van der Waals surface area (Å²) in [6.07, 6.45) is 0.971. The molecule has 0 saturated carbocycles. The number of carbonyl (C=O) groups is 3. The highest BCUT2D eigenvalue weighted by Gasteiger charge is 2.29. The average Bonchev–Trinajstić information content (AvgIpc) is 2.66. The van der Waals surface area contributed by atoms with Gasteiger partial charge in [-0.1, -0.05) is 6.07 Å². The van der Waals surface area contributed by atoms with Crippen LogP contribution in [-0.2, 0) is 14.4 Å². The Morgan fingerprint density at radius 1 is 1.15 bits per heavy atom. The number of nitrogens with zero attached hydrogens (tertiary/aromatic N) is 1. The molecule has 1 atom stereocenters. The normalized spacial score (nSPS) is 15.9. The van der Waals surface area contributed by atoms with E-state index in [2.05, 4.69) is 5.32 Å². The Morgan fingerprint density at radius 3 is 2.31 bits per heavy atom. The molecule has 1 aliphatic heterocycles. The van der Waals surface area contributed by atoms with Gasteiger partial charge in [-0.3, -0.25) is 14.4 Å². The Kier molecular flexibility index (Phi) is 6.43. The lowest BCUT2D eigenvalue weighted by Crippen LogP contribution is -2.48. The van der Waals surface area contributed by atoms with Gasteiger partial charge in [-0.05, 0) is 37.5 Å². The predicted octanol–water partition coefficient (Wildman–Crippen LogP) is 0.605. The summed E-state index contributed by atoms with van der Waals surface area (Å²) in [6.45, 7) is 2.49. The first-order chi connectivity index (χ1) is 12.4.